The van der Waals surface area contributed by atoms with E-state index in [1.165, 1.54) is 11.8 Å². The number of H-pyrrole nitrogens is 1. The second-order valence-corrected chi connectivity index (χ2v) is 6.83. The van der Waals surface area contributed by atoms with Gasteiger partial charge < -0.3 is 19.4 Å². The average Bonchev–Trinajstić information content (AvgIpc) is 3.13. The lowest BCUT2D eigenvalue weighted by atomic mass is 10.1. The second kappa shape index (κ2) is 8.88. The number of nitrogens with zero attached hydrogens (tertiary/aromatic N) is 1. The first kappa shape index (κ1) is 20.0. The fourth-order valence-corrected chi connectivity index (χ4v) is 3.54. The van der Waals surface area contributed by atoms with Gasteiger partial charge in [0.2, 0.25) is 5.78 Å². The van der Waals surface area contributed by atoms with Crippen LogP contribution >= 0.6 is 11.8 Å². The van der Waals surface area contributed by atoms with Gasteiger partial charge in [-0.2, -0.15) is 0 Å². The Morgan fingerprint density at radius 1 is 1.23 bits per heavy atom. The van der Waals surface area contributed by atoms with E-state index in [0.717, 1.165) is 5.75 Å². The van der Waals surface area contributed by atoms with Gasteiger partial charge in [0.25, 0.3) is 5.24 Å². The lowest BCUT2D eigenvalue weighted by molar-refractivity contribution is -0.142. The zero-order valence-corrected chi connectivity index (χ0v) is 15.9. The van der Waals surface area contributed by atoms with Gasteiger partial charge in [0, 0.05) is 24.5 Å². The van der Waals surface area contributed by atoms with E-state index in [1.807, 2.05) is 0 Å². The number of Topliss-reactive ketones (excluding diaryl/α,β-unsaturated/α-hetero) is 1. The zero-order chi connectivity index (χ0) is 19.3. The molecule has 1 aromatic rings. The number of ketones is 1. The van der Waals surface area contributed by atoms with E-state index in [-0.39, 0.29) is 30.5 Å². The number of ether oxygens (including phenoxy) is 2. The van der Waals surface area contributed by atoms with Crippen LogP contribution in [-0.2, 0) is 14.3 Å². The molecule has 142 valence electrons. The standard InChI is InChI=1S/C17H22N2O6S/c1-4-24-16(22)14-10(2)15(18-11(14)3)12(20)9-25-13(21)5-6-19-7-8-26-17(19)23/h18H,4-9H2,1-3H3. The summed E-state index contributed by atoms with van der Waals surface area (Å²) in [4.78, 5) is 51.9. The number of aromatic amines is 1. The maximum atomic E-state index is 12.3. The molecule has 1 fully saturated rings. The Hall–Kier alpha value is -2.29. The third-order valence-corrected chi connectivity index (χ3v) is 4.88. The van der Waals surface area contributed by atoms with Crippen LogP contribution in [0.1, 0.15) is 45.4 Å². The molecule has 26 heavy (non-hydrogen) atoms. The highest BCUT2D eigenvalue weighted by Gasteiger charge is 2.24. The van der Waals surface area contributed by atoms with Gasteiger partial charge >= 0.3 is 11.9 Å². The van der Waals surface area contributed by atoms with Crippen molar-refractivity contribution in [1.29, 1.82) is 0 Å². The van der Waals surface area contributed by atoms with Crippen LogP contribution in [0.15, 0.2) is 0 Å². The minimum atomic E-state index is -0.547. The molecule has 2 rings (SSSR count). The van der Waals surface area contributed by atoms with Crippen LogP contribution in [0.4, 0.5) is 4.79 Å². The molecule has 0 atom stereocenters. The van der Waals surface area contributed by atoms with E-state index in [4.69, 9.17) is 9.47 Å². The van der Waals surface area contributed by atoms with Crippen molar-refractivity contribution in [2.75, 3.05) is 32.1 Å². The van der Waals surface area contributed by atoms with Gasteiger partial charge in [-0.15, -0.1) is 0 Å². The minimum absolute atomic E-state index is 0.0381. The molecule has 0 saturated carbocycles. The molecule has 9 heteroatoms. The highest BCUT2D eigenvalue weighted by molar-refractivity contribution is 8.13. The van der Waals surface area contributed by atoms with Crippen molar-refractivity contribution >= 4 is 34.7 Å². The maximum absolute atomic E-state index is 12.3. The number of carbonyl (C=O) groups excluding carboxylic acids is 4. The van der Waals surface area contributed by atoms with E-state index >= 15 is 0 Å². The zero-order valence-electron chi connectivity index (χ0n) is 15.0. The van der Waals surface area contributed by atoms with Gasteiger partial charge in [0.15, 0.2) is 6.61 Å². The molecular weight excluding hydrogens is 360 g/mol. The first-order valence-corrected chi connectivity index (χ1v) is 9.30. The third-order valence-electron chi connectivity index (χ3n) is 3.99. The number of aromatic nitrogens is 1. The highest BCUT2D eigenvalue weighted by atomic mass is 32.2. The van der Waals surface area contributed by atoms with Gasteiger partial charge in [0.05, 0.1) is 24.3 Å². The van der Waals surface area contributed by atoms with Crippen LogP contribution in [-0.4, -0.2) is 64.9 Å². The predicted molar refractivity (Wildman–Crippen MR) is 95.6 cm³/mol. The summed E-state index contributed by atoms with van der Waals surface area (Å²) in [6.45, 7) is 5.73. The SMILES string of the molecule is CCOC(=O)c1c(C)[nH]c(C(=O)COC(=O)CCN2CCSC2=O)c1C. The van der Waals surface area contributed by atoms with Crippen LogP contribution in [0.5, 0.6) is 0 Å². The number of thioether (sulfide) groups is 1. The lowest BCUT2D eigenvalue weighted by Crippen LogP contribution is -2.27. The molecule has 0 spiro atoms. The van der Waals surface area contributed by atoms with Crippen molar-refractivity contribution in [1.82, 2.24) is 9.88 Å². The average molecular weight is 382 g/mol. The Bertz CT molecular complexity index is 727. The Kier molecular flexibility index (Phi) is 6.84. The van der Waals surface area contributed by atoms with Crippen molar-refractivity contribution in [3.63, 3.8) is 0 Å². The van der Waals surface area contributed by atoms with Crippen LogP contribution in [0.2, 0.25) is 0 Å². The van der Waals surface area contributed by atoms with E-state index in [9.17, 15) is 19.2 Å². The second-order valence-electron chi connectivity index (χ2n) is 5.78. The molecule has 8 nitrogen and oxygen atoms in total. The summed E-state index contributed by atoms with van der Waals surface area (Å²) < 4.78 is 9.98. The Morgan fingerprint density at radius 2 is 1.96 bits per heavy atom. The topological polar surface area (TPSA) is 106 Å². The summed E-state index contributed by atoms with van der Waals surface area (Å²) in [6.07, 6.45) is 0.0381. The molecule has 1 N–H and O–H groups in total. The van der Waals surface area contributed by atoms with Gasteiger partial charge in [-0.25, -0.2) is 4.79 Å². The quantitative estimate of drug-likeness (QED) is 0.542. The summed E-state index contributed by atoms with van der Waals surface area (Å²) in [6, 6.07) is 0. The summed E-state index contributed by atoms with van der Waals surface area (Å²) in [5, 5.41) is -0.0437. The number of esters is 2. The number of carbonyl (C=O) groups is 4. The summed E-state index contributed by atoms with van der Waals surface area (Å²) >= 11 is 1.22. The third kappa shape index (κ3) is 4.66. The Balaban J connectivity index is 1.89. The molecule has 1 aliphatic heterocycles. The fraction of sp³-hybridized carbons (Fsp3) is 0.529. The first-order valence-electron chi connectivity index (χ1n) is 8.32. The van der Waals surface area contributed by atoms with Crippen molar-refractivity contribution in [3.8, 4) is 0 Å². The summed E-state index contributed by atoms with van der Waals surface area (Å²) in [5.74, 6) is -0.750. The van der Waals surface area contributed by atoms with Crippen molar-refractivity contribution in [3.05, 3.63) is 22.5 Å². The number of amides is 1. The number of hydrogen-bond donors (Lipinski definition) is 1. The summed E-state index contributed by atoms with van der Waals surface area (Å²) in [5.41, 5.74) is 1.55. The van der Waals surface area contributed by atoms with Gasteiger partial charge in [0.1, 0.15) is 0 Å². The minimum Gasteiger partial charge on any atom is -0.462 e. The van der Waals surface area contributed by atoms with Gasteiger partial charge in [-0.1, -0.05) is 11.8 Å². The van der Waals surface area contributed by atoms with E-state index in [1.54, 1.807) is 25.7 Å². The van der Waals surface area contributed by atoms with Crippen LogP contribution in [0, 0.1) is 13.8 Å². The molecule has 0 aromatic carbocycles. The smallest absolute Gasteiger partial charge is 0.340 e. The molecule has 1 saturated heterocycles. The fourth-order valence-electron chi connectivity index (χ4n) is 2.68. The normalized spacial score (nSPS) is 13.8. The van der Waals surface area contributed by atoms with Crippen molar-refractivity contribution in [2.45, 2.75) is 27.2 Å². The number of rotatable bonds is 8. The molecule has 1 amide bonds. The number of aryl methyl sites for hydroxylation is 1. The lowest BCUT2D eigenvalue weighted by Gasteiger charge is -2.13. The van der Waals surface area contributed by atoms with E-state index < -0.39 is 24.3 Å². The molecule has 1 aliphatic rings. The molecule has 0 bridgehead atoms. The van der Waals surface area contributed by atoms with Crippen molar-refractivity contribution in [2.24, 2.45) is 0 Å². The van der Waals surface area contributed by atoms with Gasteiger partial charge in [-0.05, 0) is 26.3 Å². The Labute approximate surface area is 155 Å². The molecule has 0 aliphatic carbocycles. The van der Waals surface area contributed by atoms with Crippen LogP contribution in [0.3, 0.4) is 0 Å². The monoisotopic (exact) mass is 382 g/mol. The van der Waals surface area contributed by atoms with Gasteiger partial charge in [-0.3, -0.25) is 14.4 Å². The molecule has 1 aromatic heterocycles. The van der Waals surface area contributed by atoms with Crippen LogP contribution in [0.25, 0.3) is 0 Å². The predicted octanol–water partition coefficient (Wildman–Crippen LogP) is 2.09. The van der Waals surface area contributed by atoms with E-state index in [2.05, 4.69) is 4.98 Å². The largest absolute Gasteiger partial charge is 0.462 e. The number of hydrogen-bond acceptors (Lipinski definition) is 7. The van der Waals surface area contributed by atoms with Crippen molar-refractivity contribution < 1.29 is 28.7 Å². The number of nitrogens with one attached hydrogen (secondary N) is 1. The van der Waals surface area contributed by atoms with E-state index in [0.29, 0.717) is 23.4 Å². The molecule has 2 heterocycles. The molecule has 0 unspecified atom stereocenters. The summed E-state index contributed by atoms with van der Waals surface area (Å²) in [7, 11) is 0. The Morgan fingerprint density at radius 3 is 2.58 bits per heavy atom. The molecular formula is C17H22N2O6S. The van der Waals surface area contributed by atoms with Crippen LogP contribution < -0.4 is 0 Å². The maximum Gasteiger partial charge on any atom is 0.340 e. The highest BCUT2D eigenvalue weighted by Crippen LogP contribution is 2.20. The molecule has 0 radical (unpaired) electrons. The first-order chi connectivity index (χ1) is 12.3.